The van der Waals surface area contributed by atoms with Crippen molar-refractivity contribution in [1.29, 1.82) is 0 Å². The maximum atomic E-state index is 12.8. The zero-order valence-corrected chi connectivity index (χ0v) is 17.4. The Morgan fingerprint density at radius 1 is 1.04 bits per heavy atom. The number of nitrogens with one attached hydrogen (secondary N) is 1. The van der Waals surface area contributed by atoms with Gasteiger partial charge in [-0.05, 0) is 49.8 Å². The summed E-state index contributed by atoms with van der Waals surface area (Å²) in [7, 11) is -3.61. The maximum absolute atomic E-state index is 12.8. The van der Waals surface area contributed by atoms with Crippen LogP contribution >= 0.6 is 0 Å². The highest BCUT2D eigenvalue weighted by atomic mass is 32.2. The van der Waals surface area contributed by atoms with Crippen LogP contribution in [-0.4, -0.2) is 32.7 Å². The molecule has 0 saturated carbocycles. The number of amides is 1. The maximum Gasteiger partial charge on any atom is 0.243 e. The molecule has 0 bridgehead atoms. The van der Waals surface area contributed by atoms with Gasteiger partial charge in [0.05, 0.1) is 11.9 Å². The quantitative estimate of drug-likeness (QED) is 0.803. The van der Waals surface area contributed by atoms with Crippen molar-refractivity contribution in [2.45, 2.75) is 60.5 Å². The highest BCUT2D eigenvalue weighted by Crippen LogP contribution is 2.26. The van der Waals surface area contributed by atoms with Crippen molar-refractivity contribution < 1.29 is 13.2 Å². The first-order valence-electron chi connectivity index (χ1n) is 8.73. The van der Waals surface area contributed by atoms with Gasteiger partial charge in [0.2, 0.25) is 15.9 Å². The number of rotatable bonds is 7. The number of anilines is 1. The second-order valence-electron chi connectivity index (χ2n) is 7.55. The Labute approximate surface area is 152 Å². The van der Waals surface area contributed by atoms with Gasteiger partial charge in [-0.25, -0.2) is 8.42 Å². The lowest BCUT2D eigenvalue weighted by atomic mass is 9.93. The van der Waals surface area contributed by atoms with E-state index in [0.717, 1.165) is 17.4 Å². The van der Waals surface area contributed by atoms with Gasteiger partial charge in [0, 0.05) is 6.04 Å². The third-order valence-electron chi connectivity index (χ3n) is 4.44. The van der Waals surface area contributed by atoms with E-state index in [4.69, 9.17) is 0 Å². The second kappa shape index (κ2) is 8.21. The van der Waals surface area contributed by atoms with Gasteiger partial charge in [-0.15, -0.1) is 0 Å². The van der Waals surface area contributed by atoms with E-state index < -0.39 is 16.1 Å². The van der Waals surface area contributed by atoms with Gasteiger partial charge in [-0.3, -0.25) is 9.10 Å². The molecule has 0 aliphatic rings. The molecule has 0 saturated heterocycles. The minimum atomic E-state index is -3.61. The molecule has 0 aliphatic carbocycles. The van der Waals surface area contributed by atoms with Gasteiger partial charge in [0.15, 0.2) is 0 Å². The van der Waals surface area contributed by atoms with Gasteiger partial charge < -0.3 is 5.32 Å². The molecule has 5 nitrogen and oxygen atoms in total. The molecule has 0 heterocycles. The van der Waals surface area contributed by atoms with Crippen molar-refractivity contribution in [3.8, 4) is 0 Å². The van der Waals surface area contributed by atoms with E-state index in [1.165, 1.54) is 4.31 Å². The smallest absolute Gasteiger partial charge is 0.243 e. The third-order valence-corrected chi connectivity index (χ3v) is 5.66. The molecule has 1 aromatic carbocycles. The van der Waals surface area contributed by atoms with E-state index in [2.05, 4.69) is 33.0 Å². The van der Waals surface area contributed by atoms with Crippen molar-refractivity contribution in [2.24, 2.45) is 11.8 Å². The van der Waals surface area contributed by atoms with E-state index in [0.29, 0.717) is 5.69 Å². The third kappa shape index (κ3) is 5.46. The fraction of sp³-hybridized carbons (Fsp3) is 0.632. The first kappa shape index (κ1) is 21.5. The zero-order chi connectivity index (χ0) is 19.5. The summed E-state index contributed by atoms with van der Waals surface area (Å²) in [5, 5.41) is 3.03. The van der Waals surface area contributed by atoms with Crippen molar-refractivity contribution >= 4 is 21.6 Å². The zero-order valence-electron chi connectivity index (χ0n) is 16.6. The number of carbonyl (C=O) groups excluding carboxylic acids is 1. The topological polar surface area (TPSA) is 66.5 Å². The lowest BCUT2D eigenvalue weighted by Gasteiger charge is -2.33. The van der Waals surface area contributed by atoms with Crippen molar-refractivity contribution in [3.63, 3.8) is 0 Å². The predicted molar refractivity (Wildman–Crippen MR) is 104 cm³/mol. The predicted octanol–water partition coefficient (Wildman–Crippen LogP) is 3.25. The van der Waals surface area contributed by atoms with Crippen molar-refractivity contribution in [3.05, 3.63) is 29.3 Å². The van der Waals surface area contributed by atoms with Crippen LogP contribution in [-0.2, 0) is 14.8 Å². The monoisotopic (exact) mass is 368 g/mol. The number of aryl methyl sites for hydroxylation is 2. The Morgan fingerprint density at radius 2 is 1.56 bits per heavy atom. The second-order valence-corrected chi connectivity index (χ2v) is 9.41. The molecule has 6 heteroatoms. The van der Waals surface area contributed by atoms with Gasteiger partial charge in [0.25, 0.3) is 0 Å². The molecule has 1 amide bonds. The average molecular weight is 369 g/mol. The first-order chi connectivity index (χ1) is 11.4. The Bertz CT molecular complexity index is 703. The van der Waals surface area contributed by atoms with Crippen LogP contribution in [0.3, 0.4) is 0 Å². The minimum Gasteiger partial charge on any atom is -0.351 e. The number of hydrogen-bond acceptors (Lipinski definition) is 3. The molecule has 1 N–H and O–H groups in total. The van der Waals surface area contributed by atoms with Gasteiger partial charge in [-0.1, -0.05) is 39.8 Å². The van der Waals surface area contributed by atoms with Crippen LogP contribution in [0, 0.1) is 25.7 Å². The minimum absolute atomic E-state index is 0.00466. The Balaban J connectivity index is 3.24. The Morgan fingerprint density at radius 3 is 2.00 bits per heavy atom. The van der Waals surface area contributed by atoms with E-state index in [1.807, 2.05) is 32.0 Å². The summed E-state index contributed by atoms with van der Waals surface area (Å²) < 4.78 is 26.1. The molecule has 1 atom stereocenters. The molecule has 0 unspecified atom stereocenters. The fourth-order valence-electron chi connectivity index (χ4n) is 3.13. The molecule has 25 heavy (non-hydrogen) atoms. The van der Waals surface area contributed by atoms with Crippen LogP contribution in [0.1, 0.15) is 45.7 Å². The first-order valence-corrected chi connectivity index (χ1v) is 10.6. The number of benzene rings is 1. The van der Waals surface area contributed by atoms with Gasteiger partial charge >= 0.3 is 0 Å². The van der Waals surface area contributed by atoms with Gasteiger partial charge in [0.1, 0.15) is 6.04 Å². The Kier molecular flexibility index (Phi) is 7.06. The lowest BCUT2D eigenvalue weighted by Crippen LogP contribution is -2.52. The molecule has 142 valence electrons. The van der Waals surface area contributed by atoms with E-state index in [9.17, 15) is 13.2 Å². The summed E-state index contributed by atoms with van der Waals surface area (Å²) in [4.78, 5) is 12.8. The van der Waals surface area contributed by atoms with Crippen LogP contribution in [0.2, 0.25) is 0 Å². The van der Waals surface area contributed by atoms with E-state index in [1.54, 1.807) is 6.92 Å². The van der Waals surface area contributed by atoms with E-state index >= 15 is 0 Å². The van der Waals surface area contributed by atoms with Crippen LogP contribution in [0.4, 0.5) is 5.69 Å². The number of nitrogens with zero attached hydrogens (tertiary/aromatic N) is 1. The van der Waals surface area contributed by atoms with E-state index in [-0.39, 0.29) is 23.8 Å². The van der Waals surface area contributed by atoms with Crippen LogP contribution in [0.15, 0.2) is 18.2 Å². The highest BCUT2D eigenvalue weighted by Gasteiger charge is 2.32. The normalized spacial score (nSPS) is 13.4. The number of hydrogen-bond donors (Lipinski definition) is 1. The molecular formula is C19H32N2O3S. The number of carbonyl (C=O) groups is 1. The van der Waals surface area contributed by atoms with Crippen LogP contribution in [0.25, 0.3) is 0 Å². The van der Waals surface area contributed by atoms with Crippen LogP contribution < -0.4 is 9.62 Å². The molecule has 0 spiro atoms. The SMILES string of the molecule is Cc1ccc(C)c(N([C@@H](C)C(=O)NC(C(C)C)C(C)C)S(C)(=O)=O)c1. The van der Waals surface area contributed by atoms with Gasteiger partial charge in [-0.2, -0.15) is 0 Å². The van der Waals surface area contributed by atoms with Crippen molar-refractivity contribution in [2.75, 3.05) is 10.6 Å². The summed E-state index contributed by atoms with van der Waals surface area (Å²) in [6, 6.07) is 4.78. The summed E-state index contributed by atoms with van der Waals surface area (Å²) in [6.07, 6.45) is 1.14. The molecule has 0 radical (unpaired) electrons. The highest BCUT2D eigenvalue weighted by molar-refractivity contribution is 7.92. The molecule has 0 aromatic heterocycles. The molecule has 1 rings (SSSR count). The Hall–Kier alpha value is -1.56. The molecule has 0 fully saturated rings. The summed E-state index contributed by atoms with van der Waals surface area (Å²) in [5.74, 6) is 0.255. The summed E-state index contributed by atoms with van der Waals surface area (Å²) in [5.41, 5.74) is 2.32. The van der Waals surface area contributed by atoms with Crippen molar-refractivity contribution in [1.82, 2.24) is 5.32 Å². The summed E-state index contributed by atoms with van der Waals surface area (Å²) in [6.45, 7) is 13.6. The summed E-state index contributed by atoms with van der Waals surface area (Å²) >= 11 is 0. The lowest BCUT2D eigenvalue weighted by molar-refractivity contribution is -0.123. The fourth-order valence-corrected chi connectivity index (χ4v) is 4.35. The standard InChI is InChI=1S/C19H32N2O3S/c1-12(2)18(13(3)4)20-19(22)16(7)21(25(8,23)24)17-11-14(5)9-10-15(17)6/h9-13,16,18H,1-8H3,(H,20,22)/t16-/m0/s1. The average Bonchev–Trinajstić information content (AvgIpc) is 2.46. The van der Waals surface area contributed by atoms with Crippen LogP contribution in [0.5, 0.6) is 0 Å². The molecular weight excluding hydrogens is 336 g/mol. The molecule has 1 aromatic rings. The largest absolute Gasteiger partial charge is 0.351 e. The molecule has 0 aliphatic heterocycles. The number of sulfonamides is 1.